The van der Waals surface area contributed by atoms with Crippen LogP contribution in [-0.2, 0) is 0 Å². The topological polar surface area (TPSA) is 69.2 Å². The van der Waals surface area contributed by atoms with Gasteiger partial charge in [0.25, 0.3) is 5.69 Å². The molecule has 15 heavy (non-hydrogen) atoms. The van der Waals surface area contributed by atoms with Crippen LogP contribution in [0.5, 0.6) is 0 Å². The van der Waals surface area contributed by atoms with Crippen LogP contribution in [0.1, 0.15) is 24.4 Å². The van der Waals surface area contributed by atoms with Crippen molar-refractivity contribution in [1.29, 1.82) is 0 Å². The number of nitrogens with two attached hydrogens (primary N) is 1. The van der Waals surface area contributed by atoms with Gasteiger partial charge in [0.15, 0.2) is 0 Å². The van der Waals surface area contributed by atoms with Crippen molar-refractivity contribution in [2.75, 3.05) is 0 Å². The summed E-state index contributed by atoms with van der Waals surface area (Å²) >= 11 is 0. The molecule has 0 bridgehead atoms. The Balaban J connectivity index is 2.80. The fourth-order valence-electron chi connectivity index (χ4n) is 1.33. The van der Waals surface area contributed by atoms with E-state index >= 15 is 0 Å². The summed E-state index contributed by atoms with van der Waals surface area (Å²) in [5.41, 5.74) is 6.76. The van der Waals surface area contributed by atoms with Crippen LogP contribution in [0.25, 0.3) is 0 Å². The van der Waals surface area contributed by atoms with Crippen LogP contribution >= 0.6 is 0 Å². The van der Waals surface area contributed by atoms with E-state index in [1.165, 1.54) is 12.1 Å². The lowest BCUT2D eigenvalue weighted by molar-refractivity contribution is -0.384. The Bertz CT molecular complexity index is 363. The Morgan fingerprint density at radius 3 is 2.93 bits per heavy atom. The van der Waals surface area contributed by atoms with Crippen LogP contribution in [0.2, 0.25) is 0 Å². The zero-order valence-corrected chi connectivity index (χ0v) is 8.43. The molecule has 0 aliphatic carbocycles. The van der Waals surface area contributed by atoms with Crippen molar-refractivity contribution in [3.8, 4) is 0 Å². The fraction of sp³-hybridized carbons (Fsp3) is 0.273. The summed E-state index contributed by atoms with van der Waals surface area (Å²) in [7, 11) is 0. The molecule has 1 rings (SSSR count). The fourth-order valence-corrected chi connectivity index (χ4v) is 1.33. The third-order valence-corrected chi connectivity index (χ3v) is 2.19. The SMILES string of the molecule is C=CCC[C@H](N)c1cccc([N+](=O)[O-])c1. The molecule has 0 radical (unpaired) electrons. The number of allylic oxidation sites excluding steroid dienone is 1. The number of benzene rings is 1. The zero-order valence-electron chi connectivity index (χ0n) is 8.43. The highest BCUT2D eigenvalue weighted by atomic mass is 16.6. The Hall–Kier alpha value is -1.68. The van der Waals surface area contributed by atoms with Crippen molar-refractivity contribution in [3.63, 3.8) is 0 Å². The molecule has 0 saturated heterocycles. The van der Waals surface area contributed by atoms with Gasteiger partial charge in [0, 0.05) is 18.2 Å². The van der Waals surface area contributed by atoms with E-state index in [-0.39, 0.29) is 11.7 Å². The van der Waals surface area contributed by atoms with Crippen LogP contribution in [0.15, 0.2) is 36.9 Å². The summed E-state index contributed by atoms with van der Waals surface area (Å²) in [5.74, 6) is 0. The molecule has 0 aliphatic rings. The molecular weight excluding hydrogens is 192 g/mol. The predicted octanol–water partition coefficient (Wildman–Crippen LogP) is 2.56. The number of hydrogen-bond acceptors (Lipinski definition) is 3. The van der Waals surface area contributed by atoms with Gasteiger partial charge in [-0.3, -0.25) is 10.1 Å². The summed E-state index contributed by atoms with van der Waals surface area (Å²) in [6.07, 6.45) is 3.35. The number of nitro groups is 1. The summed E-state index contributed by atoms with van der Waals surface area (Å²) in [6, 6.07) is 6.28. The van der Waals surface area contributed by atoms with Gasteiger partial charge in [-0.15, -0.1) is 6.58 Å². The first kappa shape index (κ1) is 11.4. The van der Waals surface area contributed by atoms with E-state index in [0.29, 0.717) is 0 Å². The summed E-state index contributed by atoms with van der Waals surface area (Å²) in [6.45, 7) is 3.61. The zero-order chi connectivity index (χ0) is 11.3. The van der Waals surface area contributed by atoms with Crippen LogP contribution in [0.3, 0.4) is 0 Å². The van der Waals surface area contributed by atoms with E-state index in [1.54, 1.807) is 18.2 Å². The maximum atomic E-state index is 10.5. The molecule has 0 amide bonds. The number of nitro benzene ring substituents is 1. The quantitative estimate of drug-likeness (QED) is 0.457. The molecule has 1 aromatic carbocycles. The Morgan fingerprint density at radius 2 is 2.33 bits per heavy atom. The molecule has 1 aromatic rings. The average Bonchev–Trinajstić information content (AvgIpc) is 2.26. The van der Waals surface area contributed by atoms with Gasteiger partial charge in [0.1, 0.15) is 0 Å². The van der Waals surface area contributed by atoms with E-state index in [1.807, 2.05) is 0 Å². The Labute approximate surface area is 88.6 Å². The van der Waals surface area contributed by atoms with Crippen LogP contribution in [0.4, 0.5) is 5.69 Å². The molecule has 80 valence electrons. The maximum Gasteiger partial charge on any atom is 0.269 e. The number of non-ortho nitro benzene ring substituents is 1. The van der Waals surface area contributed by atoms with Crippen molar-refractivity contribution in [3.05, 3.63) is 52.6 Å². The molecule has 0 fully saturated rings. The molecule has 0 aliphatic heterocycles. The largest absolute Gasteiger partial charge is 0.324 e. The van der Waals surface area contributed by atoms with E-state index in [9.17, 15) is 10.1 Å². The first-order chi connectivity index (χ1) is 7.15. The van der Waals surface area contributed by atoms with Gasteiger partial charge in [0.05, 0.1) is 4.92 Å². The van der Waals surface area contributed by atoms with E-state index in [2.05, 4.69) is 6.58 Å². The highest BCUT2D eigenvalue weighted by Crippen LogP contribution is 2.20. The van der Waals surface area contributed by atoms with Gasteiger partial charge < -0.3 is 5.73 Å². The third kappa shape index (κ3) is 3.18. The van der Waals surface area contributed by atoms with Crippen LogP contribution in [-0.4, -0.2) is 4.92 Å². The highest BCUT2D eigenvalue weighted by molar-refractivity contribution is 5.35. The maximum absolute atomic E-state index is 10.5. The lowest BCUT2D eigenvalue weighted by Crippen LogP contribution is -2.09. The van der Waals surface area contributed by atoms with Gasteiger partial charge in [-0.1, -0.05) is 18.2 Å². The van der Waals surface area contributed by atoms with Crippen LogP contribution < -0.4 is 5.73 Å². The standard InChI is InChI=1S/C11H14N2O2/c1-2-3-7-11(12)9-5-4-6-10(8-9)13(14)15/h2,4-6,8,11H,1,3,7,12H2/t11-/m0/s1. The molecular formula is C11H14N2O2. The Kier molecular flexibility index (Phi) is 4.00. The minimum Gasteiger partial charge on any atom is -0.324 e. The minimum absolute atomic E-state index is 0.0848. The second kappa shape index (κ2) is 5.26. The number of hydrogen-bond donors (Lipinski definition) is 1. The summed E-state index contributed by atoms with van der Waals surface area (Å²) in [5, 5.41) is 10.5. The van der Waals surface area contributed by atoms with Gasteiger partial charge >= 0.3 is 0 Å². The van der Waals surface area contributed by atoms with Crippen LogP contribution in [0, 0.1) is 10.1 Å². The monoisotopic (exact) mass is 206 g/mol. The Morgan fingerprint density at radius 1 is 1.60 bits per heavy atom. The molecule has 1 atom stereocenters. The molecule has 0 saturated carbocycles. The molecule has 0 spiro atoms. The normalized spacial score (nSPS) is 12.1. The summed E-state index contributed by atoms with van der Waals surface area (Å²) in [4.78, 5) is 10.1. The lowest BCUT2D eigenvalue weighted by Gasteiger charge is -2.09. The number of nitrogens with zero attached hydrogens (tertiary/aromatic N) is 1. The van der Waals surface area contributed by atoms with Crippen molar-refractivity contribution >= 4 is 5.69 Å². The van der Waals surface area contributed by atoms with E-state index in [0.717, 1.165) is 18.4 Å². The predicted molar refractivity (Wildman–Crippen MR) is 59.5 cm³/mol. The minimum atomic E-state index is -0.413. The van der Waals surface area contributed by atoms with Crippen molar-refractivity contribution < 1.29 is 4.92 Å². The molecule has 4 heteroatoms. The first-order valence-electron chi connectivity index (χ1n) is 4.76. The van der Waals surface area contributed by atoms with E-state index < -0.39 is 4.92 Å². The molecule has 0 heterocycles. The highest BCUT2D eigenvalue weighted by Gasteiger charge is 2.10. The van der Waals surface area contributed by atoms with Crippen molar-refractivity contribution in [1.82, 2.24) is 0 Å². The van der Waals surface area contributed by atoms with Gasteiger partial charge in [-0.25, -0.2) is 0 Å². The molecule has 0 unspecified atom stereocenters. The smallest absolute Gasteiger partial charge is 0.269 e. The molecule has 0 aromatic heterocycles. The third-order valence-electron chi connectivity index (χ3n) is 2.19. The second-order valence-corrected chi connectivity index (χ2v) is 3.32. The van der Waals surface area contributed by atoms with Gasteiger partial charge in [-0.05, 0) is 18.4 Å². The van der Waals surface area contributed by atoms with E-state index in [4.69, 9.17) is 5.73 Å². The second-order valence-electron chi connectivity index (χ2n) is 3.32. The van der Waals surface area contributed by atoms with Gasteiger partial charge in [0.2, 0.25) is 0 Å². The summed E-state index contributed by atoms with van der Waals surface area (Å²) < 4.78 is 0. The van der Waals surface area contributed by atoms with Gasteiger partial charge in [-0.2, -0.15) is 0 Å². The first-order valence-corrected chi connectivity index (χ1v) is 4.76. The van der Waals surface area contributed by atoms with Crippen molar-refractivity contribution in [2.24, 2.45) is 5.73 Å². The lowest BCUT2D eigenvalue weighted by atomic mass is 10.0. The molecule has 2 N–H and O–H groups in total. The number of rotatable bonds is 5. The molecule has 4 nitrogen and oxygen atoms in total. The average molecular weight is 206 g/mol. The van der Waals surface area contributed by atoms with Crippen molar-refractivity contribution in [2.45, 2.75) is 18.9 Å².